The van der Waals surface area contributed by atoms with E-state index in [9.17, 15) is 0 Å². The summed E-state index contributed by atoms with van der Waals surface area (Å²) in [4.78, 5) is 15.0. The predicted octanol–water partition coefficient (Wildman–Crippen LogP) is 4.70. The van der Waals surface area contributed by atoms with E-state index >= 15 is 0 Å². The summed E-state index contributed by atoms with van der Waals surface area (Å²) in [5.41, 5.74) is 7.70. The van der Waals surface area contributed by atoms with Crippen molar-refractivity contribution in [3.8, 4) is 0 Å². The normalized spacial score (nSPS) is 12.2. The minimum atomic E-state index is -0.110. The predicted molar refractivity (Wildman–Crippen MR) is 110 cm³/mol. The molecule has 0 radical (unpaired) electrons. The highest BCUT2D eigenvalue weighted by Crippen LogP contribution is 2.28. The average molecular weight is 403 g/mol. The quantitative estimate of drug-likeness (QED) is 0.621. The molecule has 1 heterocycles. The Morgan fingerprint density at radius 1 is 1.04 bits per heavy atom. The van der Waals surface area contributed by atoms with Gasteiger partial charge in [-0.15, -0.1) is 0 Å². The fourth-order valence-corrected chi connectivity index (χ4v) is 2.96. The molecule has 0 saturated heterocycles. The van der Waals surface area contributed by atoms with Crippen LogP contribution in [0.25, 0.3) is 0 Å². The highest BCUT2D eigenvalue weighted by Gasteiger charge is 2.18. The van der Waals surface area contributed by atoms with E-state index in [1.54, 1.807) is 6.07 Å². The molecule has 3 N–H and O–H groups in total. The zero-order valence-electron chi connectivity index (χ0n) is 15.0. The molecule has 3 rings (SSSR count). The Kier molecular flexibility index (Phi) is 6.11. The highest BCUT2D eigenvalue weighted by atomic mass is 35.5. The molecule has 8 heteroatoms. The topological polar surface area (TPSA) is 80.0 Å². The molecule has 0 bridgehead atoms. The van der Waals surface area contributed by atoms with Crippen molar-refractivity contribution in [1.29, 1.82) is 0 Å². The van der Waals surface area contributed by atoms with Crippen LogP contribution in [0.4, 0.5) is 17.6 Å². The zero-order chi connectivity index (χ0) is 19.4. The number of anilines is 3. The van der Waals surface area contributed by atoms with E-state index < -0.39 is 0 Å². The van der Waals surface area contributed by atoms with Crippen LogP contribution in [0, 0.1) is 0 Å². The molecule has 0 saturated carbocycles. The van der Waals surface area contributed by atoms with E-state index in [1.807, 2.05) is 56.4 Å². The smallest absolute Gasteiger partial charge is 0.232 e. The Labute approximate surface area is 168 Å². The maximum atomic E-state index is 6.30. The second kappa shape index (κ2) is 8.52. The molecular formula is C19H20Cl2N6. The van der Waals surface area contributed by atoms with Crippen molar-refractivity contribution >= 4 is 40.8 Å². The van der Waals surface area contributed by atoms with Crippen LogP contribution in [-0.4, -0.2) is 26.9 Å². The monoisotopic (exact) mass is 402 g/mol. The third-order valence-corrected chi connectivity index (χ3v) is 5.04. The molecule has 2 aromatic carbocycles. The lowest BCUT2D eigenvalue weighted by atomic mass is 10.2. The lowest BCUT2D eigenvalue weighted by molar-refractivity contribution is 0.244. The van der Waals surface area contributed by atoms with E-state index in [1.165, 1.54) is 0 Å². The minimum Gasteiger partial charge on any atom is -0.368 e. The number of halogens is 2. The van der Waals surface area contributed by atoms with Gasteiger partial charge >= 0.3 is 0 Å². The molecule has 6 nitrogen and oxygen atoms in total. The highest BCUT2D eigenvalue weighted by molar-refractivity contribution is 6.42. The second-order valence-corrected chi connectivity index (χ2v) is 6.96. The number of nitrogens with two attached hydrogens (primary N) is 1. The molecule has 1 atom stereocenters. The molecule has 1 unspecified atom stereocenters. The Hall–Kier alpha value is -2.41. The van der Waals surface area contributed by atoms with Gasteiger partial charge in [-0.3, -0.25) is 4.90 Å². The van der Waals surface area contributed by atoms with Crippen molar-refractivity contribution in [2.45, 2.75) is 19.5 Å². The standard InChI is InChI=1S/C19H20Cl2N6/c1-12(27(2)11-13-7-6-10-15(20)16(13)21)17-24-18(22)26-19(25-17)23-14-8-4-3-5-9-14/h3-10,12H,11H2,1-2H3,(H3,22,23,24,25,26). The largest absolute Gasteiger partial charge is 0.368 e. The van der Waals surface area contributed by atoms with Crippen LogP contribution in [0.2, 0.25) is 10.0 Å². The van der Waals surface area contributed by atoms with Crippen molar-refractivity contribution < 1.29 is 0 Å². The molecule has 0 aliphatic heterocycles. The number of hydrogen-bond donors (Lipinski definition) is 2. The van der Waals surface area contributed by atoms with Crippen LogP contribution < -0.4 is 11.1 Å². The van der Waals surface area contributed by atoms with E-state index in [0.29, 0.717) is 28.4 Å². The van der Waals surface area contributed by atoms with Gasteiger partial charge in [-0.05, 0) is 37.7 Å². The van der Waals surface area contributed by atoms with Crippen LogP contribution in [0.3, 0.4) is 0 Å². The summed E-state index contributed by atoms with van der Waals surface area (Å²) in [5, 5.41) is 4.24. The summed E-state index contributed by atoms with van der Waals surface area (Å²) in [6, 6.07) is 15.1. The molecule has 0 amide bonds. The number of nitrogens with zero attached hydrogens (tertiary/aromatic N) is 4. The molecule has 0 aliphatic carbocycles. The third-order valence-electron chi connectivity index (χ3n) is 4.19. The Balaban J connectivity index is 1.79. The van der Waals surface area contributed by atoms with Crippen LogP contribution in [0.5, 0.6) is 0 Å². The summed E-state index contributed by atoms with van der Waals surface area (Å²) in [6.45, 7) is 2.59. The van der Waals surface area contributed by atoms with Gasteiger partial charge in [-0.1, -0.05) is 53.5 Å². The second-order valence-electron chi connectivity index (χ2n) is 6.17. The number of rotatable bonds is 6. The molecule has 27 heavy (non-hydrogen) atoms. The number of aromatic nitrogens is 3. The summed E-state index contributed by atoms with van der Waals surface area (Å²) >= 11 is 12.4. The summed E-state index contributed by atoms with van der Waals surface area (Å²) < 4.78 is 0. The molecule has 1 aromatic heterocycles. The number of benzene rings is 2. The number of nitrogens with one attached hydrogen (secondary N) is 1. The molecular weight excluding hydrogens is 383 g/mol. The van der Waals surface area contributed by atoms with E-state index in [0.717, 1.165) is 11.3 Å². The van der Waals surface area contributed by atoms with E-state index in [4.69, 9.17) is 28.9 Å². The van der Waals surface area contributed by atoms with Crippen molar-refractivity contribution in [1.82, 2.24) is 19.9 Å². The Morgan fingerprint density at radius 2 is 1.78 bits per heavy atom. The number of hydrogen-bond acceptors (Lipinski definition) is 6. The van der Waals surface area contributed by atoms with Crippen molar-refractivity contribution in [2.75, 3.05) is 18.1 Å². The average Bonchev–Trinajstić information content (AvgIpc) is 2.65. The summed E-state index contributed by atoms with van der Waals surface area (Å²) in [7, 11) is 1.96. The van der Waals surface area contributed by atoms with Gasteiger partial charge in [0, 0.05) is 12.2 Å². The van der Waals surface area contributed by atoms with Gasteiger partial charge in [0.25, 0.3) is 0 Å². The summed E-state index contributed by atoms with van der Waals surface area (Å²) in [5.74, 6) is 1.14. The van der Waals surface area contributed by atoms with Gasteiger partial charge in [0.05, 0.1) is 16.1 Å². The molecule has 0 aliphatic rings. The number of nitrogen functional groups attached to an aromatic ring is 1. The Bertz CT molecular complexity index is 919. The van der Waals surface area contributed by atoms with Crippen LogP contribution in [0.1, 0.15) is 24.4 Å². The molecule has 0 spiro atoms. The number of para-hydroxylation sites is 1. The maximum Gasteiger partial charge on any atom is 0.232 e. The van der Waals surface area contributed by atoms with E-state index in [-0.39, 0.29) is 12.0 Å². The first-order valence-corrected chi connectivity index (χ1v) is 9.16. The first kappa shape index (κ1) is 19.4. The van der Waals surface area contributed by atoms with Gasteiger partial charge in [0.2, 0.25) is 11.9 Å². The van der Waals surface area contributed by atoms with Gasteiger partial charge in [-0.2, -0.15) is 15.0 Å². The first-order chi connectivity index (χ1) is 12.9. The van der Waals surface area contributed by atoms with E-state index in [2.05, 4.69) is 25.2 Å². The SMILES string of the molecule is CC(c1nc(N)nc(Nc2ccccc2)n1)N(C)Cc1cccc(Cl)c1Cl. The molecule has 3 aromatic rings. The van der Waals surface area contributed by atoms with Crippen molar-refractivity contribution in [3.05, 3.63) is 70.0 Å². The lowest BCUT2D eigenvalue weighted by Gasteiger charge is -2.24. The first-order valence-electron chi connectivity index (χ1n) is 8.40. The van der Waals surface area contributed by atoms with Crippen molar-refractivity contribution in [3.63, 3.8) is 0 Å². The Morgan fingerprint density at radius 3 is 2.52 bits per heavy atom. The van der Waals surface area contributed by atoms with Gasteiger partial charge in [0.15, 0.2) is 5.82 Å². The van der Waals surface area contributed by atoms with Crippen molar-refractivity contribution in [2.24, 2.45) is 0 Å². The minimum absolute atomic E-state index is 0.110. The molecule has 0 fully saturated rings. The third kappa shape index (κ3) is 4.86. The van der Waals surface area contributed by atoms with Crippen LogP contribution in [0.15, 0.2) is 48.5 Å². The van der Waals surface area contributed by atoms with Crippen LogP contribution >= 0.6 is 23.2 Å². The van der Waals surface area contributed by atoms with Crippen LogP contribution in [-0.2, 0) is 6.54 Å². The maximum absolute atomic E-state index is 6.30. The summed E-state index contributed by atoms with van der Waals surface area (Å²) in [6.07, 6.45) is 0. The van der Waals surface area contributed by atoms with Gasteiger partial charge in [-0.25, -0.2) is 0 Å². The fourth-order valence-electron chi connectivity index (χ4n) is 2.58. The lowest BCUT2D eigenvalue weighted by Crippen LogP contribution is -2.24. The van der Waals surface area contributed by atoms with Gasteiger partial charge in [0.1, 0.15) is 0 Å². The zero-order valence-corrected chi connectivity index (χ0v) is 16.5. The molecule has 140 valence electrons. The van der Waals surface area contributed by atoms with Gasteiger partial charge < -0.3 is 11.1 Å². The fraction of sp³-hybridized carbons (Fsp3) is 0.211.